The van der Waals surface area contributed by atoms with Gasteiger partial charge >= 0.3 is 6.61 Å². The molecule has 3 aromatic rings. The van der Waals surface area contributed by atoms with Crippen LogP contribution in [0.4, 0.5) is 13.2 Å². The molecule has 4 rings (SSSR count). The van der Waals surface area contributed by atoms with Crippen LogP contribution in [0.1, 0.15) is 16.7 Å². The summed E-state index contributed by atoms with van der Waals surface area (Å²) in [5, 5.41) is 0. The third-order valence-corrected chi connectivity index (χ3v) is 5.30. The third kappa shape index (κ3) is 3.43. The van der Waals surface area contributed by atoms with Gasteiger partial charge in [0.25, 0.3) is 5.91 Å². The van der Waals surface area contributed by atoms with Crippen LogP contribution in [0.5, 0.6) is 5.75 Å². The summed E-state index contributed by atoms with van der Waals surface area (Å²) in [6.07, 6.45) is 4.21. The zero-order valence-corrected chi connectivity index (χ0v) is 17.1. The predicted octanol–water partition coefficient (Wildman–Crippen LogP) is 3.22. The van der Waals surface area contributed by atoms with Crippen LogP contribution >= 0.6 is 0 Å². The van der Waals surface area contributed by atoms with E-state index in [9.17, 15) is 18.0 Å². The molecular formula is C22H18F3N5O2. The summed E-state index contributed by atoms with van der Waals surface area (Å²) >= 11 is 0. The van der Waals surface area contributed by atoms with Crippen LogP contribution in [-0.2, 0) is 10.3 Å². The maximum atomic E-state index is 14.7. The second-order valence-corrected chi connectivity index (χ2v) is 7.23. The first-order valence-electron chi connectivity index (χ1n) is 9.49. The summed E-state index contributed by atoms with van der Waals surface area (Å²) in [7, 11) is 1.47. The van der Waals surface area contributed by atoms with E-state index in [4.69, 9.17) is 5.73 Å². The van der Waals surface area contributed by atoms with Gasteiger partial charge < -0.3 is 10.5 Å². The van der Waals surface area contributed by atoms with E-state index in [2.05, 4.69) is 19.7 Å². The molecule has 1 aromatic heterocycles. The molecule has 0 radical (unpaired) electrons. The van der Waals surface area contributed by atoms with Crippen LogP contribution in [-0.4, -0.2) is 40.4 Å². The average molecular weight is 441 g/mol. The molecule has 0 bridgehead atoms. The van der Waals surface area contributed by atoms with E-state index in [0.717, 1.165) is 0 Å². The molecule has 0 saturated heterocycles. The fraction of sp³-hybridized carbons (Fsp3) is 0.182. The Kier molecular flexibility index (Phi) is 5.29. The lowest BCUT2D eigenvalue weighted by atomic mass is 9.81. The number of hydrogen-bond donors (Lipinski definition) is 1. The monoisotopic (exact) mass is 441 g/mol. The van der Waals surface area contributed by atoms with Crippen molar-refractivity contribution in [3.8, 4) is 16.9 Å². The molecule has 0 spiro atoms. The van der Waals surface area contributed by atoms with Crippen molar-refractivity contribution in [3.63, 3.8) is 0 Å². The molecule has 2 heterocycles. The van der Waals surface area contributed by atoms with E-state index in [1.807, 2.05) is 0 Å². The number of likely N-dealkylation sites (N-methyl/N-ethyl adjacent to an activating group) is 1. The molecule has 1 unspecified atom stereocenters. The Bertz CT molecular complexity index is 1220. The molecule has 32 heavy (non-hydrogen) atoms. The molecule has 2 N–H and O–H groups in total. The molecule has 0 aliphatic carbocycles. The standard InChI is InChI=1S/C22H18F3N5O2/c1-12-7-14(4-6-18(12)32-20(24)25)22(19(31)30(2)21(26)29-22)15-3-5-17(23)16(8-15)13-9-27-11-28-10-13/h3-11,20H,1-2H3,(H2,26,29). The van der Waals surface area contributed by atoms with E-state index in [-0.39, 0.29) is 17.3 Å². The lowest BCUT2D eigenvalue weighted by Crippen LogP contribution is -2.41. The van der Waals surface area contributed by atoms with Crippen LogP contribution < -0.4 is 10.5 Å². The fourth-order valence-corrected chi connectivity index (χ4v) is 3.70. The summed E-state index contributed by atoms with van der Waals surface area (Å²) in [5.74, 6) is -1.07. The van der Waals surface area contributed by atoms with Gasteiger partial charge in [0.1, 0.15) is 17.9 Å². The SMILES string of the molecule is Cc1cc(C2(c3ccc(F)c(-c4cncnc4)c3)N=C(N)N(C)C2=O)ccc1OC(F)F. The minimum atomic E-state index is -2.99. The van der Waals surface area contributed by atoms with Gasteiger partial charge in [-0.3, -0.25) is 9.69 Å². The van der Waals surface area contributed by atoms with Crippen molar-refractivity contribution in [2.75, 3.05) is 7.05 Å². The molecule has 1 aliphatic rings. The zero-order valence-electron chi connectivity index (χ0n) is 17.1. The van der Waals surface area contributed by atoms with E-state index in [1.54, 1.807) is 6.92 Å². The van der Waals surface area contributed by atoms with Crippen molar-refractivity contribution in [1.82, 2.24) is 14.9 Å². The highest BCUT2D eigenvalue weighted by Crippen LogP contribution is 2.42. The quantitative estimate of drug-likeness (QED) is 0.656. The summed E-state index contributed by atoms with van der Waals surface area (Å²) < 4.78 is 44.5. The number of alkyl halides is 2. The minimum absolute atomic E-state index is 0.0316. The van der Waals surface area contributed by atoms with Crippen molar-refractivity contribution < 1.29 is 22.7 Å². The second-order valence-electron chi connectivity index (χ2n) is 7.23. The van der Waals surface area contributed by atoms with Crippen LogP contribution in [0.15, 0.2) is 60.1 Å². The van der Waals surface area contributed by atoms with Crippen molar-refractivity contribution in [1.29, 1.82) is 0 Å². The molecule has 1 amide bonds. The van der Waals surface area contributed by atoms with Gasteiger partial charge in [-0.1, -0.05) is 12.1 Å². The van der Waals surface area contributed by atoms with Gasteiger partial charge in [0.15, 0.2) is 11.5 Å². The minimum Gasteiger partial charge on any atom is -0.435 e. The van der Waals surface area contributed by atoms with E-state index >= 15 is 0 Å². The maximum Gasteiger partial charge on any atom is 0.387 e. The zero-order chi connectivity index (χ0) is 23.0. The molecular weight excluding hydrogens is 423 g/mol. The molecule has 1 aliphatic heterocycles. The molecule has 164 valence electrons. The largest absolute Gasteiger partial charge is 0.435 e. The Balaban J connectivity index is 1.93. The van der Waals surface area contributed by atoms with Crippen LogP contribution in [0, 0.1) is 12.7 Å². The van der Waals surface area contributed by atoms with Gasteiger partial charge in [-0.15, -0.1) is 0 Å². The molecule has 1 atom stereocenters. The summed E-state index contributed by atoms with van der Waals surface area (Å²) in [4.78, 5) is 26.9. The summed E-state index contributed by atoms with van der Waals surface area (Å²) in [6, 6.07) is 8.48. The van der Waals surface area contributed by atoms with Gasteiger partial charge in [0.2, 0.25) is 0 Å². The molecule has 10 heteroatoms. The number of nitrogens with zero attached hydrogens (tertiary/aromatic N) is 4. The van der Waals surface area contributed by atoms with E-state index < -0.39 is 23.9 Å². The van der Waals surface area contributed by atoms with Crippen molar-refractivity contribution in [2.45, 2.75) is 19.1 Å². The van der Waals surface area contributed by atoms with Crippen molar-refractivity contribution >= 4 is 11.9 Å². The molecule has 0 fully saturated rings. The molecule has 2 aromatic carbocycles. The van der Waals surface area contributed by atoms with Crippen LogP contribution in [0.2, 0.25) is 0 Å². The second kappa shape index (κ2) is 7.95. The molecule has 7 nitrogen and oxygen atoms in total. The number of amides is 1. The maximum absolute atomic E-state index is 14.7. The van der Waals surface area contributed by atoms with Gasteiger partial charge in [0.05, 0.1) is 0 Å². The number of rotatable bonds is 5. The van der Waals surface area contributed by atoms with Crippen molar-refractivity contribution in [3.05, 3.63) is 77.6 Å². The fourth-order valence-electron chi connectivity index (χ4n) is 3.70. The van der Waals surface area contributed by atoms with E-state index in [0.29, 0.717) is 22.3 Å². The smallest absolute Gasteiger partial charge is 0.387 e. The lowest BCUT2D eigenvalue weighted by molar-refractivity contribution is -0.129. The number of aryl methyl sites for hydroxylation is 1. The number of carbonyl (C=O) groups is 1. The predicted molar refractivity (Wildman–Crippen MR) is 110 cm³/mol. The Labute approximate surface area is 181 Å². The average Bonchev–Trinajstić information content (AvgIpc) is 3.00. The highest BCUT2D eigenvalue weighted by Gasteiger charge is 2.50. The summed E-state index contributed by atoms with van der Waals surface area (Å²) in [6.45, 7) is -1.42. The number of aliphatic imine (C=N–C) groups is 1. The number of guanidine groups is 1. The topological polar surface area (TPSA) is 93.7 Å². The number of benzene rings is 2. The van der Waals surface area contributed by atoms with Gasteiger partial charge in [0, 0.05) is 30.6 Å². The van der Waals surface area contributed by atoms with Crippen LogP contribution in [0.3, 0.4) is 0 Å². The lowest BCUT2D eigenvalue weighted by Gasteiger charge is -2.27. The Morgan fingerprint density at radius 2 is 1.75 bits per heavy atom. The first kappa shape index (κ1) is 21.3. The highest BCUT2D eigenvalue weighted by molar-refractivity contribution is 6.09. The Hall–Kier alpha value is -3.95. The van der Waals surface area contributed by atoms with Crippen LogP contribution in [0.25, 0.3) is 11.1 Å². The highest BCUT2D eigenvalue weighted by atomic mass is 19.3. The molecule has 0 saturated carbocycles. The van der Waals surface area contributed by atoms with Gasteiger partial charge in [-0.25, -0.2) is 19.4 Å². The number of aromatic nitrogens is 2. The number of hydrogen-bond acceptors (Lipinski definition) is 6. The first-order chi connectivity index (χ1) is 15.2. The number of nitrogens with two attached hydrogens (primary N) is 1. The van der Waals surface area contributed by atoms with Gasteiger partial charge in [-0.05, 0) is 47.9 Å². The number of ether oxygens (including phenoxy) is 1. The Morgan fingerprint density at radius 1 is 1.09 bits per heavy atom. The third-order valence-electron chi connectivity index (χ3n) is 5.30. The number of halogens is 3. The van der Waals surface area contributed by atoms with Gasteiger partial charge in [-0.2, -0.15) is 8.78 Å². The first-order valence-corrected chi connectivity index (χ1v) is 9.49. The Morgan fingerprint density at radius 3 is 2.34 bits per heavy atom. The van der Waals surface area contributed by atoms with E-state index in [1.165, 1.54) is 67.1 Å². The van der Waals surface area contributed by atoms with Crippen molar-refractivity contribution in [2.24, 2.45) is 10.7 Å². The number of carbonyl (C=O) groups excluding carboxylic acids is 1. The normalized spacial score (nSPS) is 18.2. The summed E-state index contributed by atoms with van der Waals surface area (Å²) in [5.41, 5.74) is 6.01.